The molecule has 0 aliphatic heterocycles. The van der Waals surface area contributed by atoms with Gasteiger partial charge in [0.25, 0.3) is 10.0 Å². The molecular weight excluding hydrogens is 346 g/mol. The van der Waals surface area contributed by atoms with Crippen LogP contribution in [0.25, 0.3) is 11.1 Å². The number of nitrogens with two attached hydrogens (primary N) is 1. The number of anilines is 2. The van der Waals surface area contributed by atoms with E-state index < -0.39 is 10.0 Å². The molecule has 3 N–H and O–H groups in total. The number of nitrogens with one attached hydrogen (secondary N) is 1. The molecular formula is C17H14ClN3O2S. The van der Waals surface area contributed by atoms with Gasteiger partial charge in [0, 0.05) is 17.4 Å². The lowest BCUT2D eigenvalue weighted by molar-refractivity contribution is 0.601. The third-order valence-corrected chi connectivity index (χ3v) is 5.04. The second-order valence-corrected chi connectivity index (χ2v) is 7.15. The Labute approximate surface area is 145 Å². The molecule has 122 valence electrons. The van der Waals surface area contributed by atoms with Crippen molar-refractivity contribution >= 4 is 33.0 Å². The van der Waals surface area contributed by atoms with Gasteiger partial charge in [-0.15, -0.1) is 0 Å². The Morgan fingerprint density at radius 1 is 0.958 bits per heavy atom. The van der Waals surface area contributed by atoms with Crippen molar-refractivity contribution in [3.8, 4) is 11.1 Å². The van der Waals surface area contributed by atoms with Gasteiger partial charge in [0.1, 0.15) is 0 Å². The molecule has 0 saturated carbocycles. The first kappa shape index (κ1) is 16.3. The highest BCUT2D eigenvalue weighted by Gasteiger charge is 2.16. The van der Waals surface area contributed by atoms with E-state index in [2.05, 4.69) is 9.71 Å². The molecule has 0 bridgehead atoms. The third kappa shape index (κ3) is 3.50. The van der Waals surface area contributed by atoms with E-state index in [0.29, 0.717) is 11.3 Å². The van der Waals surface area contributed by atoms with Crippen LogP contribution in [0.2, 0.25) is 5.15 Å². The molecule has 0 aliphatic rings. The summed E-state index contributed by atoms with van der Waals surface area (Å²) in [6.07, 6.45) is 1.57. The molecule has 1 heterocycles. The van der Waals surface area contributed by atoms with E-state index in [-0.39, 0.29) is 15.7 Å². The van der Waals surface area contributed by atoms with Crippen LogP contribution < -0.4 is 10.5 Å². The maximum Gasteiger partial charge on any atom is 0.261 e. The average molecular weight is 360 g/mol. The quantitative estimate of drug-likeness (QED) is 0.548. The number of halogens is 1. The van der Waals surface area contributed by atoms with Crippen molar-refractivity contribution in [1.82, 2.24) is 4.98 Å². The minimum absolute atomic E-state index is 0.0714. The van der Waals surface area contributed by atoms with Crippen LogP contribution in [0.5, 0.6) is 0 Å². The van der Waals surface area contributed by atoms with Crippen molar-refractivity contribution < 1.29 is 8.42 Å². The van der Waals surface area contributed by atoms with Gasteiger partial charge in [0.15, 0.2) is 5.15 Å². The van der Waals surface area contributed by atoms with Gasteiger partial charge >= 0.3 is 0 Å². The molecule has 0 atom stereocenters. The SMILES string of the molecule is Nc1cccc(-c2cnc(Cl)c(NS(=O)(=O)c3ccccc3)c2)c1. The Balaban J connectivity index is 1.98. The second-order valence-electron chi connectivity index (χ2n) is 5.11. The van der Waals surface area contributed by atoms with Crippen LogP contribution in [0.15, 0.2) is 71.8 Å². The molecule has 0 unspecified atom stereocenters. The molecule has 0 radical (unpaired) electrons. The smallest absolute Gasteiger partial charge is 0.261 e. The Hall–Kier alpha value is -2.57. The van der Waals surface area contributed by atoms with Gasteiger partial charge in [0.05, 0.1) is 10.6 Å². The van der Waals surface area contributed by atoms with Crippen molar-refractivity contribution in [1.29, 1.82) is 0 Å². The minimum atomic E-state index is -3.74. The van der Waals surface area contributed by atoms with Crippen molar-refractivity contribution in [2.75, 3.05) is 10.5 Å². The largest absolute Gasteiger partial charge is 0.399 e. The lowest BCUT2D eigenvalue weighted by Crippen LogP contribution is -2.13. The maximum absolute atomic E-state index is 12.4. The summed E-state index contributed by atoms with van der Waals surface area (Å²) in [5.74, 6) is 0. The average Bonchev–Trinajstić information content (AvgIpc) is 2.57. The van der Waals surface area contributed by atoms with Gasteiger partial charge in [-0.05, 0) is 35.9 Å². The van der Waals surface area contributed by atoms with Crippen LogP contribution in [0, 0.1) is 0 Å². The maximum atomic E-state index is 12.4. The molecule has 0 aliphatic carbocycles. The summed E-state index contributed by atoms with van der Waals surface area (Å²) in [5.41, 5.74) is 8.12. The normalized spacial score (nSPS) is 11.2. The van der Waals surface area contributed by atoms with Crippen LogP contribution in [0.3, 0.4) is 0 Å². The highest BCUT2D eigenvalue weighted by Crippen LogP contribution is 2.29. The Morgan fingerprint density at radius 3 is 2.42 bits per heavy atom. The molecule has 0 spiro atoms. The summed E-state index contributed by atoms with van der Waals surface area (Å²) >= 11 is 6.05. The van der Waals surface area contributed by atoms with E-state index in [1.54, 1.807) is 42.6 Å². The van der Waals surface area contributed by atoms with Gasteiger partial charge in [-0.2, -0.15) is 0 Å². The highest BCUT2D eigenvalue weighted by molar-refractivity contribution is 7.92. The van der Waals surface area contributed by atoms with E-state index in [1.807, 2.05) is 12.1 Å². The number of hydrogen-bond donors (Lipinski definition) is 2. The van der Waals surface area contributed by atoms with E-state index in [0.717, 1.165) is 5.56 Å². The number of pyridine rings is 1. The van der Waals surface area contributed by atoms with E-state index in [4.69, 9.17) is 17.3 Å². The molecule has 5 nitrogen and oxygen atoms in total. The zero-order chi connectivity index (χ0) is 17.2. The van der Waals surface area contributed by atoms with E-state index >= 15 is 0 Å². The number of aromatic nitrogens is 1. The van der Waals surface area contributed by atoms with Crippen LogP contribution in [-0.4, -0.2) is 13.4 Å². The van der Waals surface area contributed by atoms with Crippen LogP contribution in [0.4, 0.5) is 11.4 Å². The summed E-state index contributed by atoms with van der Waals surface area (Å²) in [7, 11) is -3.74. The molecule has 7 heteroatoms. The summed E-state index contributed by atoms with van der Waals surface area (Å²) in [5, 5.41) is 0.0714. The fraction of sp³-hybridized carbons (Fsp3) is 0. The topological polar surface area (TPSA) is 85.1 Å². The molecule has 24 heavy (non-hydrogen) atoms. The summed E-state index contributed by atoms with van der Waals surface area (Å²) in [6, 6.07) is 16.9. The first-order valence-corrected chi connectivity index (χ1v) is 8.91. The summed E-state index contributed by atoms with van der Waals surface area (Å²) in [4.78, 5) is 4.21. The van der Waals surface area contributed by atoms with Gasteiger partial charge < -0.3 is 5.73 Å². The summed E-state index contributed by atoms with van der Waals surface area (Å²) < 4.78 is 27.4. The van der Waals surface area contributed by atoms with Gasteiger partial charge in [-0.3, -0.25) is 4.72 Å². The number of benzene rings is 2. The molecule has 1 aromatic heterocycles. The molecule has 3 rings (SSSR count). The lowest BCUT2D eigenvalue weighted by atomic mass is 10.1. The zero-order valence-electron chi connectivity index (χ0n) is 12.5. The van der Waals surface area contributed by atoms with Crippen molar-refractivity contribution in [2.45, 2.75) is 4.90 Å². The standard InChI is InChI=1S/C17H14ClN3O2S/c18-17-16(21-24(22,23)15-7-2-1-3-8-15)10-13(11-20-17)12-5-4-6-14(19)9-12/h1-11,21H,19H2. The fourth-order valence-corrected chi connectivity index (χ4v) is 3.48. The second kappa shape index (κ2) is 6.51. The molecule has 0 amide bonds. The predicted molar refractivity (Wildman–Crippen MR) is 96.3 cm³/mol. The number of sulfonamides is 1. The van der Waals surface area contributed by atoms with Gasteiger partial charge in [-0.25, -0.2) is 13.4 Å². The summed E-state index contributed by atoms with van der Waals surface area (Å²) in [6.45, 7) is 0. The first-order chi connectivity index (χ1) is 11.5. The van der Waals surface area contributed by atoms with Gasteiger partial charge in [-0.1, -0.05) is 41.9 Å². The Bertz CT molecular complexity index is 976. The predicted octanol–water partition coefficient (Wildman–Crippen LogP) is 3.79. The first-order valence-electron chi connectivity index (χ1n) is 7.05. The van der Waals surface area contributed by atoms with Crippen LogP contribution in [-0.2, 0) is 10.0 Å². The number of nitrogens with zero attached hydrogens (tertiary/aromatic N) is 1. The third-order valence-electron chi connectivity index (χ3n) is 3.36. The number of hydrogen-bond acceptors (Lipinski definition) is 4. The number of rotatable bonds is 4. The lowest BCUT2D eigenvalue weighted by Gasteiger charge is -2.11. The minimum Gasteiger partial charge on any atom is -0.399 e. The number of nitrogen functional groups attached to an aromatic ring is 1. The monoisotopic (exact) mass is 359 g/mol. The van der Waals surface area contributed by atoms with Crippen molar-refractivity contribution in [3.63, 3.8) is 0 Å². The fourth-order valence-electron chi connectivity index (χ4n) is 2.20. The van der Waals surface area contributed by atoms with E-state index in [9.17, 15) is 8.42 Å². The zero-order valence-corrected chi connectivity index (χ0v) is 14.1. The van der Waals surface area contributed by atoms with E-state index in [1.165, 1.54) is 12.1 Å². The van der Waals surface area contributed by atoms with Crippen molar-refractivity contribution in [2.24, 2.45) is 0 Å². The Morgan fingerprint density at radius 2 is 1.71 bits per heavy atom. The molecule has 3 aromatic rings. The highest BCUT2D eigenvalue weighted by atomic mass is 35.5. The van der Waals surface area contributed by atoms with Gasteiger partial charge in [0.2, 0.25) is 0 Å². The molecule has 0 fully saturated rings. The molecule has 0 saturated heterocycles. The van der Waals surface area contributed by atoms with Crippen LogP contribution >= 0.6 is 11.6 Å². The molecule has 2 aromatic carbocycles. The van der Waals surface area contributed by atoms with Crippen LogP contribution in [0.1, 0.15) is 0 Å². The van der Waals surface area contributed by atoms with Crippen molar-refractivity contribution in [3.05, 3.63) is 72.0 Å². The Kier molecular flexibility index (Phi) is 4.42.